The molecule has 1 unspecified atom stereocenters. The normalized spacial score (nSPS) is 20.8. The number of para-hydroxylation sites is 1. The molecule has 1 aromatic carbocycles. The number of carbonyl (C=O) groups is 2. The molecule has 1 fully saturated rings. The second kappa shape index (κ2) is 8.48. The van der Waals surface area contributed by atoms with Crippen LogP contribution in [0.1, 0.15) is 55.3 Å². The van der Waals surface area contributed by atoms with Crippen LogP contribution < -0.4 is 5.32 Å². The number of amides is 2. The maximum absolute atomic E-state index is 14.3. The van der Waals surface area contributed by atoms with Crippen LogP contribution in [0.25, 0.3) is 16.6 Å². The highest BCUT2D eigenvalue weighted by molar-refractivity contribution is 6.08. The van der Waals surface area contributed by atoms with E-state index in [9.17, 15) is 9.59 Å². The number of fused-ring (bicyclic) bond motifs is 3. The first kappa shape index (κ1) is 21.8. The minimum atomic E-state index is -1.07. The molecule has 1 aliphatic heterocycles. The van der Waals surface area contributed by atoms with E-state index in [2.05, 4.69) is 5.32 Å². The van der Waals surface area contributed by atoms with Gasteiger partial charge in [-0.05, 0) is 50.1 Å². The molecule has 1 aliphatic carbocycles. The Labute approximate surface area is 204 Å². The monoisotopic (exact) mass is 470 g/mol. The van der Waals surface area contributed by atoms with Gasteiger partial charge in [0.25, 0.3) is 5.91 Å². The van der Waals surface area contributed by atoms with Crippen LogP contribution in [0.15, 0.2) is 71.6 Å². The molecule has 7 nitrogen and oxygen atoms in total. The molecule has 1 saturated carbocycles. The van der Waals surface area contributed by atoms with E-state index in [4.69, 9.17) is 4.42 Å². The van der Waals surface area contributed by atoms with E-state index in [0.29, 0.717) is 18.0 Å². The topological polar surface area (TPSA) is 72.4 Å². The summed E-state index contributed by atoms with van der Waals surface area (Å²) in [6.45, 7) is 2.49. The minimum absolute atomic E-state index is 0.102. The summed E-state index contributed by atoms with van der Waals surface area (Å²) in [6, 6.07) is 15.8. The Kier molecular flexibility index (Phi) is 5.28. The average molecular weight is 471 g/mol. The van der Waals surface area contributed by atoms with Gasteiger partial charge < -0.3 is 23.8 Å². The van der Waals surface area contributed by atoms with E-state index in [0.717, 1.165) is 42.3 Å². The fourth-order valence-electron chi connectivity index (χ4n) is 5.74. The van der Waals surface area contributed by atoms with Crippen LogP contribution >= 0.6 is 0 Å². The lowest BCUT2D eigenvalue weighted by Crippen LogP contribution is -2.64. The lowest BCUT2D eigenvalue weighted by atomic mass is 9.91. The molecule has 0 spiro atoms. The molecular weight excluding hydrogens is 440 g/mol. The lowest BCUT2D eigenvalue weighted by Gasteiger charge is -2.44. The standard InChI is InChI=1S/C28H30N4O3/c1-28(27(34)29-20-10-3-2-4-11-20)19-31-23-14-6-5-13-22(23)24(30-15-7-8-16-30)25(31)26(33)32(28)18-21-12-9-17-35-21/h5-9,12-17,20H,2-4,10-11,18-19H2,1H3,(H,29,34). The van der Waals surface area contributed by atoms with Crippen molar-refractivity contribution in [2.24, 2.45) is 0 Å². The molecule has 35 heavy (non-hydrogen) atoms. The maximum Gasteiger partial charge on any atom is 0.274 e. The van der Waals surface area contributed by atoms with Gasteiger partial charge in [-0.1, -0.05) is 37.5 Å². The van der Waals surface area contributed by atoms with Crippen molar-refractivity contribution < 1.29 is 14.0 Å². The van der Waals surface area contributed by atoms with E-state index >= 15 is 0 Å². The summed E-state index contributed by atoms with van der Waals surface area (Å²) in [5, 5.41) is 4.28. The third-order valence-electron chi connectivity index (χ3n) is 7.64. The highest BCUT2D eigenvalue weighted by Crippen LogP contribution is 2.38. The van der Waals surface area contributed by atoms with Gasteiger partial charge in [0.2, 0.25) is 5.91 Å². The Morgan fingerprint density at radius 1 is 1.06 bits per heavy atom. The van der Waals surface area contributed by atoms with Gasteiger partial charge in [-0.15, -0.1) is 0 Å². The van der Waals surface area contributed by atoms with Crippen molar-refractivity contribution in [3.8, 4) is 5.69 Å². The van der Waals surface area contributed by atoms with E-state index in [1.54, 1.807) is 11.2 Å². The van der Waals surface area contributed by atoms with Crippen molar-refractivity contribution in [3.63, 3.8) is 0 Å². The van der Waals surface area contributed by atoms with Gasteiger partial charge in [0.05, 0.1) is 30.6 Å². The van der Waals surface area contributed by atoms with E-state index < -0.39 is 5.54 Å². The molecule has 0 bridgehead atoms. The van der Waals surface area contributed by atoms with Gasteiger partial charge in [-0.3, -0.25) is 9.59 Å². The molecular formula is C28H30N4O3. The Bertz CT molecular complexity index is 1360. The summed E-state index contributed by atoms with van der Waals surface area (Å²) >= 11 is 0. The Morgan fingerprint density at radius 3 is 2.57 bits per heavy atom. The Balaban J connectivity index is 1.49. The zero-order valence-corrected chi connectivity index (χ0v) is 19.9. The number of aromatic nitrogens is 2. The largest absolute Gasteiger partial charge is 0.467 e. The van der Waals surface area contributed by atoms with Crippen LogP contribution in [0.5, 0.6) is 0 Å². The first-order valence-corrected chi connectivity index (χ1v) is 12.5. The van der Waals surface area contributed by atoms with Gasteiger partial charge in [-0.2, -0.15) is 0 Å². The molecule has 2 amide bonds. The van der Waals surface area contributed by atoms with Crippen molar-refractivity contribution in [2.45, 2.75) is 63.7 Å². The number of furan rings is 1. The average Bonchev–Trinajstić information content (AvgIpc) is 3.63. The van der Waals surface area contributed by atoms with Crippen molar-refractivity contribution in [1.82, 2.24) is 19.4 Å². The van der Waals surface area contributed by atoms with Gasteiger partial charge in [0, 0.05) is 23.8 Å². The minimum Gasteiger partial charge on any atom is -0.467 e. The smallest absolute Gasteiger partial charge is 0.274 e. The lowest BCUT2D eigenvalue weighted by molar-refractivity contribution is -0.134. The zero-order chi connectivity index (χ0) is 24.0. The van der Waals surface area contributed by atoms with Crippen LogP contribution in [-0.4, -0.2) is 37.4 Å². The number of hydrogen-bond donors (Lipinski definition) is 1. The highest BCUT2D eigenvalue weighted by Gasteiger charge is 2.49. The SMILES string of the molecule is CC1(C(=O)NC2CCCCC2)Cn2c(c(-n3cccc3)c3ccccc32)C(=O)N1Cc1ccco1. The summed E-state index contributed by atoms with van der Waals surface area (Å²) in [5.41, 5.74) is 1.32. The van der Waals surface area contributed by atoms with Gasteiger partial charge in [0.1, 0.15) is 17.0 Å². The molecule has 1 N–H and O–H groups in total. The first-order chi connectivity index (χ1) is 17.1. The Hall–Kier alpha value is -3.74. The fraction of sp³-hybridized carbons (Fsp3) is 0.357. The van der Waals surface area contributed by atoms with E-state index in [1.165, 1.54) is 6.42 Å². The fourth-order valence-corrected chi connectivity index (χ4v) is 5.74. The number of carbonyl (C=O) groups excluding carboxylic acids is 2. The van der Waals surface area contributed by atoms with Gasteiger partial charge in [0.15, 0.2) is 0 Å². The van der Waals surface area contributed by atoms with Crippen molar-refractivity contribution >= 4 is 22.7 Å². The molecule has 3 aromatic heterocycles. The van der Waals surface area contributed by atoms with Crippen LogP contribution in [0.3, 0.4) is 0 Å². The van der Waals surface area contributed by atoms with Gasteiger partial charge in [-0.25, -0.2) is 0 Å². The Morgan fingerprint density at radius 2 is 1.83 bits per heavy atom. The van der Waals surface area contributed by atoms with Gasteiger partial charge >= 0.3 is 0 Å². The summed E-state index contributed by atoms with van der Waals surface area (Å²) in [5.74, 6) is 0.381. The molecule has 4 heterocycles. The number of benzene rings is 1. The molecule has 0 radical (unpaired) electrons. The summed E-state index contributed by atoms with van der Waals surface area (Å²) < 4.78 is 9.64. The van der Waals surface area contributed by atoms with Crippen LogP contribution in [0, 0.1) is 0 Å². The molecule has 0 saturated heterocycles. The maximum atomic E-state index is 14.3. The highest BCUT2D eigenvalue weighted by atomic mass is 16.3. The first-order valence-electron chi connectivity index (χ1n) is 12.5. The zero-order valence-electron chi connectivity index (χ0n) is 19.9. The predicted octanol–water partition coefficient (Wildman–Crippen LogP) is 4.89. The molecule has 4 aromatic rings. The van der Waals surface area contributed by atoms with Crippen molar-refractivity contribution in [1.29, 1.82) is 0 Å². The molecule has 2 aliphatic rings. The number of rotatable bonds is 5. The number of hydrogen-bond acceptors (Lipinski definition) is 3. The molecule has 1 atom stereocenters. The predicted molar refractivity (Wildman–Crippen MR) is 133 cm³/mol. The summed E-state index contributed by atoms with van der Waals surface area (Å²) in [4.78, 5) is 29.9. The van der Waals surface area contributed by atoms with Crippen molar-refractivity contribution in [2.75, 3.05) is 0 Å². The molecule has 7 heteroatoms. The van der Waals surface area contributed by atoms with Crippen LogP contribution in [0.2, 0.25) is 0 Å². The van der Waals surface area contributed by atoms with Crippen LogP contribution in [-0.2, 0) is 17.9 Å². The van der Waals surface area contributed by atoms with E-state index in [-0.39, 0.29) is 24.4 Å². The number of nitrogens with one attached hydrogen (secondary N) is 1. The van der Waals surface area contributed by atoms with E-state index in [1.807, 2.05) is 77.0 Å². The third kappa shape index (κ3) is 3.57. The summed E-state index contributed by atoms with van der Waals surface area (Å²) in [7, 11) is 0. The molecule has 6 rings (SSSR count). The summed E-state index contributed by atoms with van der Waals surface area (Å²) in [6.07, 6.45) is 11.0. The molecule has 180 valence electrons. The quantitative estimate of drug-likeness (QED) is 0.451. The third-order valence-corrected chi connectivity index (χ3v) is 7.64. The van der Waals surface area contributed by atoms with Crippen molar-refractivity contribution in [3.05, 3.63) is 78.6 Å². The van der Waals surface area contributed by atoms with Crippen LogP contribution in [0.4, 0.5) is 0 Å². The second-order valence-electron chi connectivity index (χ2n) is 9.94. The number of nitrogens with zero attached hydrogens (tertiary/aromatic N) is 3. The second-order valence-corrected chi connectivity index (χ2v) is 9.94.